The third-order valence-corrected chi connectivity index (χ3v) is 3.60. The Morgan fingerprint density at radius 1 is 1.09 bits per heavy atom. The third kappa shape index (κ3) is 3.35. The molecular weight excluding hydrogens is 274 g/mol. The van der Waals surface area contributed by atoms with E-state index in [1.807, 2.05) is 36.5 Å². The van der Waals surface area contributed by atoms with Gasteiger partial charge in [-0.05, 0) is 23.3 Å². The molecule has 3 aromatic rings. The molecule has 0 saturated heterocycles. The topological polar surface area (TPSA) is 49.9 Å². The highest BCUT2D eigenvalue weighted by Gasteiger charge is 2.15. The summed E-state index contributed by atoms with van der Waals surface area (Å²) < 4.78 is 5.19. The Labute approximate surface area is 130 Å². The van der Waals surface area contributed by atoms with Crippen molar-refractivity contribution >= 4 is 0 Å². The van der Waals surface area contributed by atoms with E-state index in [-0.39, 0.29) is 6.04 Å². The number of nitrogens with one attached hydrogen (secondary N) is 2. The summed E-state index contributed by atoms with van der Waals surface area (Å²) in [5.74, 6) is 1.79. The van der Waals surface area contributed by atoms with Crippen molar-refractivity contribution in [3.05, 3.63) is 83.9 Å². The van der Waals surface area contributed by atoms with Crippen molar-refractivity contribution in [2.75, 3.05) is 7.11 Å². The van der Waals surface area contributed by atoms with Crippen LogP contribution in [0.5, 0.6) is 5.75 Å². The number of aromatic nitrogens is 2. The molecule has 22 heavy (non-hydrogen) atoms. The Hall–Kier alpha value is -2.59. The lowest BCUT2D eigenvalue weighted by molar-refractivity contribution is 0.414. The lowest BCUT2D eigenvalue weighted by Crippen LogP contribution is -2.23. The molecule has 4 nitrogen and oxygen atoms in total. The fourth-order valence-corrected chi connectivity index (χ4v) is 2.42. The maximum atomic E-state index is 5.19. The first-order valence-electron chi connectivity index (χ1n) is 7.27. The maximum absolute atomic E-state index is 5.19. The van der Waals surface area contributed by atoms with Gasteiger partial charge in [-0.3, -0.25) is 5.32 Å². The van der Waals surface area contributed by atoms with Crippen molar-refractivity contribution in [3.8, 4) is 5.75 Å². The monoisotopic (exact) mass is 293 g/mol. The molecule has 2 N–H and O–H groups in total. The Balaban J connectivity index is 1.76. The molecule has 0 spiro atoms. The number of hydrogen-bond donors (Lipinski definition) is 2. The molecule has 4 heteroatoms. The van der Waals surface area contributed by atoms with Crippen LogP contribution in [0.2, 0.25) is 0 Å². The summed E-state index contributed by atoms with van der Waals surface area (Å²) in [5, 5.41) is 3.56. The Morgan fingerprint density at radius 2 is 1.86 bits per heavy atom. The van der Waals surface area contributed by atoms with Crippen molar-refractivity contribution in [1.29, 1.82) is 0 Å². The van der Waals surface area contributed by atoms with Crippen molar-refractivity contribution in [3.63, 3.8) is 0 Å². The Kier molecular flexibility index (Phi) is 4.51. The summed E-state index contributed by atoms with van der Waals surface area (Å²) >= 11 is 0. The molecule has 0 fully saturated rings. The van der Waals surface area contributed by atoms with E-state index in [4.69, 9.17) is 4.74 Å². The van der Waals surface area contributed by atoms with Crippen LogP contribution in [0.25, 0.3) is 0 Å². The first-order chi connectivity index (χ1) is 10.9. The van der Waals surface area contributed by atoms with Crippen LogP contribution in [0.3, 0.4) is 0 Å². The van der Waals surface area contributed by atoms with E-state index in [9.17, 15) is 0 Å². The molecule has 0 aliphatic heterocycles. The van der Waals surface area contributed by atoms with E-state index in [0.29, 0.717) is 0 Å². The quantitative estimate of drug-likeness (QED) is 0.733. The smallest absolute Gasteiger partial charge is 0.127 e. The van der Waals surface area contributed by atoms with E-state index >= 15 is 0 Å². The van der Waals surface area contributed by atoms with E-state index in [0.717, 1.165) is 18.1 Å². The molecule has 0 saturated carbocycles. The van der Waals surface area contributed by atoms with Gasteiger partial charge in [-0.2, -0.15) is 0 Å². The lowest BCUT2D eigenvalue weighted by Gasteiger charge is -2.17. The summed E-state index contributed by atoms with van der Waals surface area (Å²) in [6.07, 6.45) is 3.63. The lowest BCUT2D eigenvalue weighted by atomic mass is 10.1. The number of ether oxygens (including phenoxy) is 1. The minimum atomic E-state index is 0.0401. The van der Waals surface area contributed by atoms with Crippen molar-refractivity contribution < 1.29 is 4.74 Å². The predicted molar refractivity (Wildman–Crippen MR) is 86.7 cm³/mol. The first-order valence-corrected chi connectivity index (χ1v) is 7.27. The molecule has 0 amide bonds. The van der Waals surface area contributed by atoms with Crippen LogP contribution in [0.15, 0.2) is 67.0 Å². The zero-order valence-corrected chi connectivity index (χ0v) is 12.5. The summed E-state index contributed by atoms with van der Waals surface area (Å²) in [5.41, 5.74) is 2.39. The van der Waals surface area contributed by atoms with Crippen LogP contribution in [0.1, 0.15) is 23.0 Å². The van der Waals surface area contributed by atoms with Gasteiger partial charge in [0, 0.05) is 18.9 Å². The minimum absolute atomic E-state index is 0.0401. The minimum Gasteiger partial charge on any atom is -0.497 e. The third-order valence-electron chi connectivity index (χ3n) is 3.60. The van der Waals surface area contributed by atoms with Crippen LogP contribution in [-0.4, -0.2) is 17.1 Å². The van der Waals surface area contributed by atoms with Crippen molar-refractivity contribution in [1.82, 2.24) is 15.3 Å². The average molecular weight is 293 g/mol. The number of hydrogen-bond acceptors (Lipinski definition) is 3. The number of methoxy groups -OCH3 is 1. The van der Waals surface area contributed by atoms with Gasteiger partial charge in [-0.1, -0.05) is 42.5 Å². The number of rotatable bonds is 6. The van der Waals surface area contributed by atoms with Gasteiger partial charge >= 0.3 is 0 Å². The van der Waals surface area contributed by atoms with E-state index < -0.39 is 0 Å². The van der Waals surface area contributed by atoms with Gasteiger partial charge in [0.15, 0.2) is 0 Å². The molecule has 112 valence electrons. The first kappa shape index (κ1) is 14.4. The second-order valence-electron chi connectivity index (χ2n) is 5.05. The molecular formula is C18H19N3O. The molecule has 0 unspecified atom stereocenters. The van der Waals surface area contributed by atoms with Crippen molar-refractivity contribution in [2.24, 2.45) is 0 Å². The highest BCUT2D eigenvalue weighted by molar-refractivity contribution is 5.28. The van der Waals surface area contributed by atoms with E-state index in [1.54, 1.807) is 13.3 Å². The average Bonchev–Trinajstić information content (AvgIpc) is 3.11. The van der Waals surface area contributed by atoms with Crippen LogP contribution in [0.4, 0.5) is 0 Å². The normalized spacial score (nSPS) is 12.0. The summed E-state index contributed by atoms with van der Waals surface area (Å²) in [6, 6.07) is 18.4. The van der Waals surface area contributed by atoms with Crippen molar-refractivity contribution in [2.45, 2.75) is 12.6 Å². The molecule has 0 aliphatic rings. The summed E-state index contributed by atoms with van der Waals surface area (Å²) in [7, 11) is 1.68. The molecule has 1 aromatic heterocycles. The highest BCUT2D eigenvalue weighted by Crippen LogP contribution is 2.19. The zero-order chi connectivity index (χ0) is 15.2. The predicted octanol–water partition coefficient (Wildman–Crippen LogP) is 3.30. The van der Waals surface area contributed by atoms with Gasteiger partial charge in [-0.25, -0.2) is 4.98 Å². The molecule has 1 heterocycles. The van der Waals surface area contributed by atoms with Gasteiger partial charge < -0.3 is 9.72 Å². The van der Waals surface area contributed by atoms with Gasteiger partial charge in [0.25, 0.3) is 0 Å². The highest BCUT2D eigenvalue weighted by atomic mass is 16.5. The molecule has 1 atom stereocenters. The fraction of sp³-hybridized carbons (Fsp3) is 0.167. The van der Waals surface area contributed by atoms with Crippen LogP contribution in [-0.2, 0) is 6.54 Å². The molecule has 2 aromatic carbocycles. The maximum Gasteiger partial charge on any atom is 0.127 e. The van der Waals surface area contributed by atoms with Gasteiger partial charge in [0.1, 0.15) is 11.6 Å². The summed E-state index contributed by atoms with van der Waals surface area (Å²) in [4.78, 5) is 7.59. The van der Waals surface area contributed by atoms with Gasteiger partial charge in [0.2, 0.25) is 0 Å². The SMILES string of the molecule is COc1ccc(CN[C@H](c2ccccc2)c2ncc[nH]2)cc1. The zero-order valence-electron chi connectivity index (χ0n) is 12.5. The molecule has 0 aliphatic carbocycles. The molecule has 0 radical (unpaired) electrons. The second kappa shape index (κ2) is 6.91. The standard InChI is InChI=1S/C18H19N3O/c1-22-16-9-7-14(8-10-16)13-21-17(18-19-11-12-20-18)15-5-3-2-4-6-15/h2-12,17,21H,13H2,1H3,(H,19,20)/t17-/m1/s1. The molecule has 3 rings (SSSR count). The number of nitrogens with zero attached hydrogens (tertiary/aromatic N) is 1. The number of benzene rings is 2. The number of aromatic amines is 1. The number of imidazole rings is 1. The van der Waals surface area contributed by atoms with Crippen LogP contribution < -0.4 is 10.1 Å². The van der Waals surface area contributed by atoms with Gasteiger partial charge in [0.05, 0.1) is 13.2 Å². The van der Waals surface area contributed by atoms with E-state index in [2.05, 4.69) is 39.6 Å². The number of H-pyrrole nitrogens is 1. The largest absolute Gasteiger partial charge is 0.497 e. The summed E-state index contributed by atoms with van der Waals surface area (Å²) in [6.45, 7) is 0.754. The Bertz CT molecular complexity index is 678. The molecule has 0 bridgehead atoms. The van der Waals surface area contributed by atoms with Gasteiger partial charge in [-0.15, -0.1) is 0 Å². The second-order valence-corrected chi connectivity index (χ2v) is 5.05. The van der Waals surface area contributed by atoms with E-state index in [1.165, 1.54) is 11.1 Å². The Morgan fingerprint density at radius 3 is 2.50 bits per heavy atom. The van der Waals surface area contributed by atoms with Crippen LogP contribution >= 0.6 is 0 Å². The van der Waals surface area contributed by atoms with Crippen LogP contribution in [0, 0.1) is 0 Å². The fourth-order valence-electron chi connectivity index (χ4n) is 2.42.